The van der Waals surface area contributed by atoms with Gasteiger partial charge in [0, 0.05) is 19.7 Å². The van der Waals surface area contributed by atoms with Crippen LogP contribution in [0.3, 0.4) is 0 Å². The summed E-state index contributed by atoms with van der Waals surface area (Å²) >= 11 is 0. The van der Waals surface area contributed by atoms with Crippen LogP contribution in [-0.4, -0.2) is 30.1 Å². The highest BCUT2D eigenvalue weighted by Gasteiger charge is 2.34. The molecule has 0 aromatic heterocycles. The molecular formula is C15H21NO2. The average Bonchev–Trinajstić information content (AvgIpc) is 3.18. The van der Waals surface area contributed by atoms with Crippen molar-refractivity contribution in [2.45, 2.75) is 45.4 Å². The smallest absolute Gasteiger partial charge is 0.251 e. The highest BCUT2D eigenvalue weighted by Crippen LogP contribution is 2.29. The monoisotopic (exact) mass is 247 g/mol. The predicted octanol–water partition coefficient (Wildman–Crippen LogP) is 2.52. The molecule has 1 aromatic rings. The van der Waals surface area contributed by atoms with Crippen LogP contribution in [0.5, 0.6) is 0 Å². The number of methoxy groups -OCH3 is 1. The van der Waals surface area contributed by atoms with Crippen molar-refractivity contribution < 1.29 is 9.53 Å². The van der Waals surface area contributed by atoms with E-state index in [-0.39, 0.29) is 12.0 Å². The maximum absolute atomic E-state index is 12.2. The number of amides is 1. The first-order valence-corrected chi connectivity index (χ1v) is 6.50. The minimum atomic E-state index is -0.351. The fourth-order valence-corrected chi connectivity index (χ4v) is 2.11. The molecular weight excluding hydrogens is 226 g/mol. The highest BCUT2D eigenvalue weighted by molar-refractivity contribution is 5.81. The molecule has 1 aliphatic carbocycles. The van der Waals surface area contributed by atoms with E-state index in [9.17, 15) is 4.79 Å². The molecule has 0 aliphatic heterocycles. The summed E-state index contributed by atoms with van der Waals surface area (Å²) in [5.41, 5.74) is 2.43. The van der Waals surface area contributed by atoms with Crippen LogP contribution >= 0.6 is 0 Å². The van der Waals surface area contributed by atoms with Gasteiger partial charge in [0.05, 0.1) is 0 Å². The number of carbonyl (C=O) groups excluding carboxylic acids is 1. The lowest BCUT2D eigenvalue weighted by Gasteiger charge is -2.25. The van der Waals surface area contributed by atoms with Gasteiger partial charge in [-0.25, -0.2) is 0 Å². The molecule has 0 bridgehead atoms. The van der Waals surface area contributed by atoms with Crippen molar-refractivity contribution in [2.24, 2.45) is 0 Å². The number of aryl methyl sites for hydroxylation is 1. The molecule has 18 heavy (non-hydrogen) atoms. The molecule has 0 N–H and O–H groups in total. The number of nitrogens with zero attached hydrogens (tertiary/aromatic N) is 1. The molecule has 1 amide bonds. The molecule has 1 fully saturated rings. The predicted molar refractivity (Wildman–Crippen MR) is 71.2 cm³/mol. The summed E-state index contributed by atoms with van der Waals surface area (Å²) in [4.78, 5) is 14.2. The third-order valence-electron chi connectivity index (χ3n) is 3.41. The molecule has 0 spiro atoms. The van der Waals surface area contributed by atoms with Gasteiger partial charge < -0.3 is 9.64 Å². The molecule has 0 radical (unpaired) electrons. The Kier molecular flexibility index (Phi) is 4.02. The molecule has 0 heterocycles. The van der Waals surface area contributed by atoms with Crippen LogP contribution < -0.4 is 0 Å². The zero-order chi connectivity index (χ0) is 13.1. The molecule has 3 heteroatoms. The lowest BCUT2D eigenvalue weighted by molar-refractivity contribution is -0.142. The van der Waals surface area contributed by atoms with Gasteiger partial charge in [0.15, 0.2) is 0 Å². The van der Waals surface area contributed by atoms with Crippen LogP contribution in [0.15, 0.2) is 24.3 Å². The van der Waals surface area contributed by atoms with Crippen LogP contribution in [0.2, 0.25) is 0 Å². The number of hydrogen-bond acceptors (Lipinski definition) is 2. The van der Waals surface area contributed by atoms with E-state index >= 15 is 0 Å². The van der Waals surface area contributed by atoms with Crippen molar-refractivity contribution in [1.29, 1.82) is 0 Å². The van der Waals surface area contributed by atoms with E-state index in [1.165, 1.54) is 11.1 Å². The zero-order valence-electron chi connectivity index (χ0n) is 11.3. The first kappa shape index (κ1) is 13.1. The van der Waals surface area contributed by atoms with Crippen LogP contribution in [0.25, 0.3) is 0 Å². The Hall–Kier alpha value is -1.35. The van der Waals surface area contributed by atoms with E-state index in [2.05, 4.69) is 25.1 Å². The Balaban J connectivity index is 2.09. The molecule has 0 saturated heterocycles. The molecule has 1 aliphatic rings. The topological polar surface area (TPSA) is 29.5 Å². The van der Waals surface area contributed by atoms with Crippen LogP contribution in [0.4, 0.5) is 0 Å². The number of hydrogen-bond donors (Lipinski definition) is 0. The first-order chi connectivity index (χ1) is 8.61. The molecule has 3 nitrogen and oxygen atoms in total. The van der Waals surface area contributed by atoms with E-state index in [0.29, 0.717) is 12.6 Å². The summed E-state index contributed by atoms with van der Waals surface area (Å²) < 4.78 is 5.14. The summed E-state index contributed by atoms with van der Waals surface area (Å²) in [7, 11) is 1.58. The Bertz CT molecular complexity index is 426. The first-order valence-electron chi connectivity index (χ1n) is 6.50. The van der Waals surface area contributed by atoms with Gasteiger partial charge in [-0.05, 0) is 32.3 Å². The lowest BCUT2D eigenvalue weighted by Crippen LogP contribution is -2.39. The van der Waals surface area contributed by atoms with Gasteiger partial charge in [-0.1, -0.05) is 29.8 Å². The summed E-state index contributed by atoms with van der Waals surface area (Å²) in [6.07, 6.45) is 1.89. The van der Waals surface area contributed by atoms with Crippen molar-refractivity contribution >= 4 is 5.91 Å². The number of benzene rings is 1. The van der Waals surface area contributed by atoms with E-state index in [4.69, 9.17) is 4.74 Å². The van der Waals surface area contributed by atoms with E-state index in [1.54, 1.807) is 7.11 Å². The minimum absolute atomic E-state index is 0.0986. The van der Waals surface area contributed by atoms with Crippen molar-refractivity contribution in [2.75, 3.05) is 7.11 Å². The van der Waals surface area contributed by atoms with Crippen molar-refractivity contribution in [3.8, 4) is 0 Å². The second-order valence-corrected chi connectivity index (χ2v) is 5.06. The fraction of sp³-hybridized carbons (Fsp3) is 0.533. The Morgan fingerprint density at radius 2 is 2.22 bits per heavy atom. The molecule has 1 saturated carbocycles. The van der Waals surface area contributed by atoms with Gasteiger partial charge in [0.1, 0.15) is 6.10 Å². The third kappa shape index (κ3) is 3.10. The van der Waals surface area contributed by atoms with Gasteiger partial charge >= 0.3 is 0 Å². The van der Waals surface area contributed by atoms with Crippen molar-refractivity contribution in [3.05, 3.63) is 35.4 Å². The lowest BCUT2D eigenvalue weighted by atomic mass is 10.1. The maximum Gasteiger partial charge on any atom is 0.251 e. The number of ether oxygens (including phenoxy) is 1. The molecule has 1 unspecified atom stereocenters. The summed E-state index contributed by atoms with van der Waals surface area (Å²) in [6.45, 7) is 4.58. The Labute approximate surface area is 109 Å². The summed E-state index contributed by atoms with van der Waals surface area (Å²) in [6, 6.07) is 8.74. The standard InChI is InChI=1S/C15H21NO2/c1-11-5-4-6-13(9-11)10-16(14-7-8-14)15(17)12(2)18-3/h4-6,9,12,14H,7-8,10H2,1-3H3. The molecule has 1 aromatic carbocycles. The Morgan fingerprint density at radius 1 is 1.50 bits per heavy atom. The zero-order valence-corrected chi connectivity index (χ0v) is 11.3. The molecule has 98 valence electrons. The number of rotatable bonds is 5. The summed E-state index contributed by atoms with van der Waals surface area (Å²) in [5.74, 6) is 0.0986. The van der Waals surface area contributed by atoms with Gasteiger partial charge in [-0.3, -0.25) is 4.79 Å². The average molecular weight is 247 g/mol. The van der Waals surface area contributed by atoms with Crippen LogP contribution in [0.1, 0.15) is 30.9 Å². The maximum atomic E-state index is 12.2. The SMILES string of the molecule is COC(C)C(=O)N(Cc1cccc(C)c1)C1CC1. The van der Waals surface area contributed by atoms with Gasteiger partial charge in [-0.2, -0.15) is 0 Å². The third-order valence-corrected chi connectivity index (χ3v) is 3.41. The quantitative estimate of drug-likeness (QED) is 0.800. The fourth-order valence-electron chi connectivity index (χ4n) is 2.11. The van der Waals surface area contributed by atoms with E-state index in [0.717, 1.165) is 12.8 Å². The normalized spacial score (nSPS) is 16.4. The number of carbonyl (C=O) groups is 1. The van der Waals surface area contributed by atoms with Crippen LogP contribution in [0, 0.1) is 6.92 Å². The van der Waals surface area contributed by atoms with Crippen LogP contribution in [-0.2, 0) is 16.1 Å². The molecule has 2 rings (SSSR count). The van der Waals surface area contributed by atoms with Crippen molar-refractivity contribution in [1.82, 2.24) is 4.90 Å². The van der Waals surface area contributed by atoms with Crippen molar-refractivity contribution in [3.63, 3.8) is 0 Å². The van der Waals surface area contributed by atoms with Gasteiger partial charge in [0.25, 0.3) is 5.91 Å². The summed E-state index contributed by atoms with van der Waals surface area (Å²) in [5, 5.41) is 0. The highest BCUT2D eigenvalue weighted by atomic mass is 16.5. The van der Waals surface area contributed by atoms with Gasteiger partial charge in [0.2, 0.25) is 0 Å². The second-order valence-electron chi connectivity index (χ2n) is 5.06. The minimum Gasteiger partial charge on any atom is -0.372 e. The Morgan fingerprint density at radius 3 is 2.78 bits per heavy atom. The molecule has 1 atom stereocenters. The largest absolute Gasteiger partial charge is 0.372 e. The van der Waals surface area contributed by atoms with Gasteiger partial charge in [-0.15, -0.1) is 0 Å². The second kappa shape index (κ2) is 5.53. The van der Waals surface area contributed by atoms with E-state index in [1.807, 2.05) is 17.9 Å². The van der Waals surface area contributed by atoms with E-state index < -0.39 is 0 Å².